The summed E-state index contributed by atoms with van der Waals surface area (Å²) in [5.74, 6) is 0. The van der Waals surface area contributed by atoms with E-state index >= 15 is 0 Å². The van der Waals surface area contributed by atoms with Gasteiger partial charge in [-0.15, -0.1) is 0 Å². The summed E-state index contributed by atoms with van der Waals surface area (Å²) in [6.45, 7) is 29.9. The van der Waals surface area contributed by atoms with Crippen LogP contribution in [0.3, 0.4) is 0 Å². The zero-order chi connectivity index (χ0) is 51.2. The zero-order valence-electron chi connectivity index (χ0n) is 45.0. The van der Waals surface area contributed by atoms with Gasteiger partial charge in [-0.05, 0) is 191 Å². The summed E-state index contributed by atoms with van der Waals surface area (Å²) in [6, 6.07) is 63.1. The Hall–Kier alpha value is -7.56. The third kappa shape index (κ3) is 8.16. The molecule has 2 aliphatic rings. The predicted octanol–water partition coefficient (Wildman–Crippen LogP) is 17.4. The van der Waals surface area contributed by atoms with Gasteiger partial charge in [-0.1, -0.05) is 168 Å². The van der Waals surface area contributed by atoms with E-state index in [9.17, 15) is 0 Å². The van der Waals surface area contributed by atoms with Crippen molar-refractivity contribution in [3.8, 4) is 22.3 Å². The Morgan fingerprint density at radius 3 is 1.55 bits per heavy atom. The minimum absolute atomic E-state index is 0.00455. The van der Waals surface area contributed by atoms with Crippen LogP contribution in [0.25, 0.3) is 44.2 Å². The highest BCUT2D eigenvalue weighted by Gasteiger charge is 2.45. The van der Waals surface area contributed by atoms with Crippen molar-refractivity contribution in [3.63, 3.8) is 0 Å². The van der Waals surface area contributed by atoms with E-state index in [2.05, 4.69) is 251 Å². The second-order valence-corrected chi connectivity index (χ2v) is 23.0. The first kappa shape index (κ1) is 47.8. The first-order valence-corrected chi connectivity index (χ1v) is 26.1. The second kappa shape index (κ2) is 17.9. The molecule has 0 N–H and O–H groups in total. The van der Waals surface area contributed by atoms with Gasteiger partial charge in [0.15, 0.2) is 0 Å². The molecular formula is C69H67BN2O. The average molecular weight is 951 g/mol. The Morgan fingerprint density at radius 1 is 0.384 bits per heavy atom. The standard InChI is InChI=1S/C62H59BN2O.C7H8/c1-36-19-13-14-22-45(36)48-35-50-51(31-39(48)4)64(59-37(2)20-17-21-38(59)3)53-33-44(62(10,11)12)34-54-58(53)63(50)49-28-27-43(61(7,8)9)32-52(49)65(54)60-40(5)29-42(30-41(60)6)46-24-18-26-56-57(46)47-23-15-16-25-55(47)66-56;1-7-5-3-2-4-6-7/h13-35H,1-12H3;2-6H,1H3. The fourth-order valence-corrected chi connectivity index (χ4v) is 11.9. The van der Waals surface area contributed by atoms with Gasteiger partial charge < -0.3 is 14.2 Å². The third-order valence-corrected chi connectivity index (χ3v) is 15.6. The van der Waals surface area contributed by atoms with Crippen LogP contribution < -0.4 is 26.2 Å². The van der Waals surface area contributed by atoms with Crippen molar-refractivity contribution >= 4 is 79.2 Å². The number of aryl methyl sites for hydroxylation is 7. The van der Waals surface area contributed by atoms with E-state index < -0.39 is 0 Å². The van der Waals surface area contributed by atoms with Crippen molar-refractivity contribution in [2.45, 2.75) is 101 Å². The molecule has 2 aliphatic heterocycles. The van der Waals surface area contributed by atoms with Crippen LogP contribution in [-0.4, -0.2) is 6.71 Å². The van der Waals surface area contributed by atoms with Crippen LogP contribution in [0.2, 0.25) is 0 Å². The highest BCUT2D eigenvalue weighted by atomic mass is 16.3. The molecule has 9 aromatic carbocycles. The van der Waals surface area contributed by atoms with Gasteiger partial charge in [-0.2, -0.15) is 0 Å². The fourth-order valence-electron chi connectivity index (χ4n) is 11.9. The molecular weight excluding hydrogens is 884 g/mol. The Bertz CT molecular complexity index is 3760. The van der Waals surface area contributed by atoms with Gasteiger partial charge in [0, 0.05) is 33.5 Å². The van der Waals surface area contributed by atoms with Crippen LogP contribution in [-0.2, 0) is 10.8 Å². The molecule has 0 amide bonds. The third-order valence-electron chi connectivity index (χ3n) is 15.6. The van der Waals surface area contributed by atoms with E-state index in [1.165, 1.54) is 123 Å². The van der Waals surface area contributed by atoms with E-state index in [4.69, 9.17) is 4.42 Å². The summed E-state index contributed by atoms with van der Waals surface area (Å²) in [5.41, 5.74) is 29.7. The van der Waals surface area contributed by atoms with Crippen LogP contribution in [0.5, 0.6) is 0 Å². The number of nitrogens with zero attached hydrogens (tertiary/aromatic N) is 2. The summed E-state index contributed by atoms with van der Waals surface area (Å²) in [4.78, 5) is 5.28. The van der Waals surface area contributed by atoms with Gasteiger partial charge in [0.05, 0.1) is 11.4 Å². The van der Waals surface area contributed by atoms with Crippen molar-refractivity contribution in [1.82, 2.24) is 0 Å². The lowest BCUT2D eigenvalue weighted by Gasteiger charge is -2.46. The van der Waals surface area contributed by atoms with Crippen LogP contribution in [0.15, 0.2) is 174 Å². The summed E-state index contributed by atoms with van der Waals surface area (Å²) < 4.78 is 6.40. The minimum atomic E-state index is -0.127. The molecule has 0 fully saturated rings. The lowest BCUT2D eigenvalue weighted by Crippen LogP contribution is -2.61. The summed E-state index contributed by atoms with van der Waals surface area (Å²) in [7, 11) is 0. The van der Waals surface area contributed by atoms with Gasteiger partial charge in [0.2, 0.25) is 0 Å². The molecule has 0 bridgehead atoms. The van der Waals surface area contributed by atoms with Crippen LogP contribution in [0.1, 0.15) is 91.6 Å². The Labute approximate surface area is 434 Å². The first-order valence-electron chi connectivity index (χ1n) is 26.1. The maximum atomic E-state index is 6.40. The first-order chi connectivity index (χ1) is 34.9. The molecule has 12 rings (SSSR count). The van der Waals surface area contributed by atoms with Crippen molar-refractivity contribution in [1.29, 1.82) is 0 Å². The van der Waals surface area contributed by atoms with Gasteiger partial charge >= 0.3 is 0 Å². The summed E-state index contributed by atoms with van der Waals surface area (Å²) in [6.07, 6.45) is 0. The number of anilines is 6. The van der Waals surface area contributed by atoms with E-state index in [0.29, 0.717) is 0 Å². The highest BCUT2D eigenvalue weighted by Crippen LogP contribution is 2.50. The molecule has 10 aromatic rings. The Kier molecular flexibility index (Phi) is 11.7. The number of hydrogen-bond acceptors (Lipinski definition) is 3. The molecule has 0 spiro atoms. The predicted molar refractivity (Wildman–Crippen MR) is 316 cm³/mol. The molecule has 0 saturated heterocycles. The smallest absolute Gasteiger partial charge is 0.252 e. The van der Waals surface area contributed by atoms with Crippen molar-refractivity contribution in [2.75, 3.05) is 9.80 Å². The highest BCUT2D eigenvalue weighted by molar-refractivity contribution is 7.00. The molecule has 73 heavy (non-hydrogen) atoms. The molecule has 0 atom stereocenters. The van der Waals surface area contributed by atoms with E-state index in [-0.39, 0.29) is 17.5 Å². The van der Waals surface area contributed by atoms with Gasteiger partial charge in [0.25, 0.3) is 6.71 Å². The van der Waals surface area contributed by atoms with Gasteiger partial charge in [0.1, 0.15) is 11.2 Å². The molecule has 362 valence electrons. The summed E-state index contributed by atoms with van der Waals surface area (Å²) >= 11 is 0. The largest absolute Gasteiger partial charge is 0.456 e. The molecule has 0 radical (unpaired) electrons. The molecule has 1 aromatic heterocycles. The van der Waals surface area contributed by atoms with Crippen LogP contribution in [0.4, 0.5) is 34.1 Å². The number of fused-ring (bicyclic) bond motifs is 7. The Morgan fingerprint density at radius 2 is 0.918 bits per heavy atom. The number of hydrogen-bond donors (Lipinski definition) is 0. The van der Waals surface area contributed by atoms with E-state index in [1.54, 1.807) is 0 Å². The zero-order valence-corrected chi connectivity index (χ0v) is 45.0. The van der Waals surface area contributed by atoms with Gasteiger partial charge in [-0.3, -0.25) is 0 Å². The molecule has 3 nitrogen and oxygen atoms in total. The number of rotatable bonds is 4. The van der Waals surface area contributed by atoms with E-state index in [1.807, 2.05) is 18.2 Å². The molecule has 0 unspecified atom stereocenters. The monoisotopic (exact) mass is 951 g/mol. The Balaban J connectivity index is 0.000000758. The van der Waals surface area contributed by atoms with Gasteiger partial charge in [-0.25, -0.2) is 0 Å². The van der Waals surface area contributed by atoms with Crippen LogP contribution >= 0.6 is 0 Å². The SMILES string of the molecule is Cc1ccccc1.Cc1ccccc1-c1cc2c(cc1C)N(c1c(C)cccc1C)c1cc(C(C)(C)C)cc3c1B2c1ccc(C(C)(C)C)cc1N3c1c(C)cc(-c2cccc3oc4ccccc4c23)cc1C. The normalized spacial score (nSPS) is 12.9. The van der Waals surface area contributed by atoms with E-state index in [0.717, 1.165) is 21.9 Å². The number of furan rings is 1. The fraction of sp³-hybridized carbons (Fsp3) is 0.217. The average Bonchev–Trinajstić information content (AvgIpc) is 3.74. The molecule has 3 heterocycles. The quantitative estimate of drug-likeness (QED) is 0.164. The lowest BCUT2D eigenvalue weighted by atomic mass is 9.33. The molecule has 4 heteroatoms. The lowest BCUT2D eigenvalue weighted by molar-refractivity contribution is 0.590. The number of para-hydroxylation sites is 2. The summed E-state index contributed by atoms with van der Waals surface area (Å²) in [5, 5.41) is 2.31. The minimum Gasteiger partial charge on any atom is -0.456 e. The van der Waals surface area contributed by atoms with Crippen molar-refractivity contribution in [2.24, 2.45) is 0 Å². The molecule has 0 saturated carbocycles. The maximum absolute atomic E-state index is 6.40. The molecule has 0 aliphatic carbocycles. The second-order valence-electron chi connectivity index (χ2n) is 23.0. The van der Waals surface area contributed by atoms with Crippen molar-refractivity contribution in [3.05, 3.63) is 220 Å². The topological polar surface area (TPSA) is 19.6 Å². The maximum Gasteiger partial charge on any atom is 0.252 e. The van der Waals surface area contributed by atoms with Crippen molar-refractivity contribution < 1.29 is 4.42 Å². The number of benzene rings is 9. The van der Waals surface area contributed by atoms with Crippen LogP contribution in [0, 0.1) is 48.5 Å².